The van der Waals surface area contributed by atoms with E-state index in [9.17, 15) is 19.7 Å². The van der Waals surface area contributed by atoms with Crippen LogP contribution in [0.3, 0.4) is 0 Å². The van der Waals surface area contributed by atoms with Crippen molar-refractivity contribution in [2.24, 2.45) is 23.2 Å². The summed E-state index contributed by atoms with van der Waals surface area (Å²) in [6, 6.07) is 0. The van der Waals surface area contributed by atoms with Crippen LogP contribution in [0.5, 0.6) is 0 Å². The van der Waals surface area contributed by atoms with Crippen LogP contribution in [0.25, 0.3) is 0 Å². The molecule has 1 unspecified atom stereocenters. The molecule has 4 heteroatoms. The quantitative estimate of drug-likeness (QED) is 0.506. The third kappa shape index (κ3) is 5.34. The fourth-order valence-corrected chi connectivity index (χ4v) is 6.64. The van der Waals surface area contributed by atoms with Gasteiger partial charge in [0.15, 0.2) is 0 Å². The Morgan fingerprint density at radius 1 is 1.23 bits per heavy atom. The van der Waals surface area contributed by atoms with Gasteiger partial charge in [-0.15, -0.1) is 0 Å². The molecule has 3 saturated carbocycles. The molecule has 0 radical (unpaired) electrons. The smallest absolute Gasteiger partial charge is 0.131 e. The summed E-state index contributed by atoms with van der Waals surface area (Å²) in [4.78, 5) is 0. The van der Waals surface area contributed by atoms with Crippen LogP contribution in [-0.4, -0.2) is 39.3 Å². The molecule has 31 heavy (non-hydrogen) atoms. The molecule has 7 atom stereocenters. The van der Waals surface area contributed by atoms with Gasteiger partial charge < -0.3 is 15.3 Å². The first-order valence-electron chi connectivity index (χ1n) is 12.3. The molecule has 3 N–H and O–H groups in total. The Kier molecular flexibility index (Phi) is 7.55. The van der Waals surface area contributed by atoms with Crippen LogP contribution in [0.4, 0.5) is 4.39 Å². The van der Waals surface area contributed by atoms with Crippen molar-refractivity contribution < 1.29 is 19.7 Å². The Morgan fingerprint density at radius 2 is 1.94 bits per heavy atom. The summed E-state index contributed by atoms with van der Waals surface area (Å²) in [6.45, 7) is 11.7. The van der Waals surface area contributed by atoms with Crippen LogP contribution >= 0.6 is 0 Å². The summed E-state index contributed by atoms with van der Waals surface area (Å²) in [5, 5.41) is 30.3. The summed E-state index contributed by atoms with van der Waals surface area (Å²) in [5.74, 6) is 1.62. The Bertz CT molecular complexity index is 718. The van der Waals surface area contributed by atoms with Gasteiger partial charge in [0.2, 0.25) is 0 Å². The summed E-state index contributed by atoms with van der Waals surface area (Å²) in [6.07, 6.45) is 10.5. The van der Waals surface area contributed by atoms with E-state index < -0.39 is 24.0 Å². The molecule has 3 aliphatic rings. The fourth-order valence-electron chi connectivity index (χ4n) is 6.64. The second kappa shape index (κ2) is 9.49. The number of allylic oxidation sites excluding steroid dienone is 3. The maximum Gasteiger partial charge on any atom is 0.131 e. The van der Waals surface area contributed by atoms with Crippen LogP contribution in [0.1, 0.15) is 85.5 Å². The lowest BCUT2D eigenvalue weighted by atomic mass is 9.60. The maximum absolute atomic E-state index is 14.0. The summed E-state index contributed by atoms with van der Waals surface area (Å²) in [5.41, 5.74) is 1.91. The number of hydrogen-bond acceptors (Lipinski definition) is 3. The first-order valence-corrected chi connectivity index (χ1v) is 12.3. The molecule has 0 aromatic carbocycles. The highest BCUT2D eigenvalue weighted by molar-refractivity contribution is 5.38. The SMILES string of the molecule is C=C1/C(=C\C=C2/CCC[C@]3(C)[C@@H]([C@H](C)CCC(O)C(C)(C)F)CC[C@@H]23)C[C@@H](O)C[C@@H]1O. The van der Waals surface area contributed by atoms with E-state index in [1.54, 1.807) is 0 Å². The van der Waals surface area contributed by atoms with Gasteiger partial charge in [-0.2, -0.15) is 0 Å². The van der Waals surface area contributed by atoms with Crippen molar-refractivity contribution >= 4 is 0 Å². The Morgan fingerprint density at radius 3 is 2.61 bits per heavy atom. The van der Waals surface area contributed by atoms with Crippen LogP contribution in [0, 0.1) is 23.2 Å². The third-order valence-electron chi connectivity index (χ3n) is 8.68. The van der Waals surface area contributed by atoms with Gasteiger partial charge in [-0.05, 0) is 99.5 Å². The molecule has 0 aromatic heterocycles. The molecule has 0 aliphatic heterocycles. The monoisotopic (exact) mass is 434 g/mol. The van der Waals surface area contributed by atoms with Gasteiger partial charge in [0.05, 0.1) is 18.3 Å². The Hall–Kier alpha value is -0.970. The molecule has 0 amide bonds. The lowest BCUT2D eigenvalue weighted by Crippen LogP contribution is -2.37. The first-order chi connectivity index (χ1) is 14.4. The minimum atomic E-state index is -1.54. The molecular weight excluding hydrogens is 391 g/mol. The van der Waals surface area contributed by atoms with E-state index in [1.165, 1.54) is 45.1 Å². The normalized spacial score (nSPS) is 39.0. The van der Waals surface area contributed by atoms with E-state index in [0.717, 1.165) is 24.0 Å². The molecular formula is C27H43FO3. The van der Waals surface area contributed by atoms with Crippen molar-refractivity contribution in [1.29, 1.82) is 0 Å². The van der Waals surface area contributed by atoms with Crippen LogP contribution in [0.2, 0.25) is 0 Å². The van der Waals surface area contributed by atoms with Gasteiger partial charge in [-0.25, -0.2) is 4.39 Å². The highest BCUT2D eigenvalue weighted by Gasteiger charge is 2.50. The van der Waals surface area contributed by atoms with Crippen molar-refractivity contribution in [2.45, 2.75) is 109 Å². The molecule has 0 saturated heterocycles. The van der Waals surface area contributed by atoms with Gasteiger partial charge >= 0.3 is 0 Å². The van der Waals surface area contributed by atoms with Gasteiger partial charge in [0.1, 0.15) is 5.67 Å². The van der Waals surface area contributed by atoms with Crippen LogP contribution in [0.15, 0.2) is 35.5 Å². The molecule has 176 valence electrons. The van der Waals surface area contributed by atoms with Gasteiger partial charge in [-0.1, -0.05) is 38.2 Å². The average molecular weight is 435 g/mol. The number of alkyl halides is 1. The predicted octanol–water partition coefficient (Wildman–Crippen LogP) is 5.65. The lowest BCUT2D eigenvalue weighted by molar-refractivity contribution is 0.00301. The zero-order valence-electron chi connectivity index (χ0n) is 19.9. The zero-order valence-corrected chi connectivity index (χ0v) is 19.9. The van der Waals surface area contributed by atoms with E-state index in [1.807, 2.05) is 0 Å². The van der Waals surface area contributed by atoms with E-state index in [0.29, 0.717) is 37.0 Å². The number of fused-ring (bicyclic) bond motifs is 1. The van der Waals surface area contributed by atoms with Crippen molar-refractivity contribution in [3.8, 4) is 0 Å². The molecule has 0 heterocycles. The molecule has 3 aliphatic carbocycles. The highest BCUT2D eigenvalue weighted by atomic mass is 19.1. The molecule has 3 fully saturated rings. The van der Waals surface area contributed by atoms with Crippen molar-refractivity contribution in [3.05, 3.63) is 35.5 Å². The van der Waals surface area contributed by atoms with Gasteiger partial charge in [0.25, 0.3) is 0 Å². The largest absolute Gasteiger partial charge is 0.393 e. The summed E-state index contributed by atoms with van der Waals surface area (Å²) in [7, 11) is 0. The zero-order chi connectivity index (χ0) is 23.0. The molecule has 0 bridgehead atoms. The van der Waals surface area contributed by atoms with E-state index in [-0.39, 0.29) is 5.41 Å². The minimum Gasteiger partial charge on any atom is -0.393 e. The van der Waals surface area contributed by atoms with E-state index >= 15 is 0 Å². The van der Waals surface area contributed by atoms with Crippen molar-refractivity contribution in [3.63, 3.8) is 0 Å². The van der Waals surface area contributed by atoms with Crippen LogP contribution < -0.4 is 0 Å². The maximum atomic E-state index is 14.0. The summed E-state index contributed by atoms with van der Waals surface area (Å²) >= 11 is 0. The van der Waals surface area contributed by atoms with Crippen molar-refractivity contribution in [1.82, 2.24) is 0 Å². The molecule has 3 nitrogen and oxygen atoms in total. The average Bonchev–Trinajstić information content (AvgIpc) is 3.04. The Labute approximate surface area is 188 Å². The molecule has 3 rings (SSSR count). The second-order valence-corrected chi connectivity index (χ2v) is 11.3. The molecule has 0 aromatic rings. The Balaban J connectivity index is 1.71. The number of aliphatic hydroxyl groups excluding tert-OH is 3. The molecule has 0 spiro atoms. The van der Waals surface area contributed by atoms with Gasteiger partial charge in [-0.3, -0.25) is 0 Å². The van der Waals surface area contributed by atoms with E-state index in [2.05, 4.69) is 32.6 Å². The lowest BCUT2D eigenvalue weighted by Gasteiger charge is -2.44. The van der Waals surface area contributed by atoms with Gasteiger partial charge in [0, 0.05) is 6.42 Å². The third-order valence-corrected chi connectivity index (χ3v) is 8.68. The number of halogens is 1. The first kappa shape index (κ1) is 24.7. The number of hydrogen-bond donors (Lipinski definition) is 3. The minimum absolute atomic E-state index is 0.251. The predicted molar refractivity (Wildman–Crippen MR) is 124 cm³/mol. The summed E-state index contributed by atoms with van der Waals surface area (Å²) < 4.78 is 14.0. The standard InChI is InChI=1S/C27H43FO3/c1-17(8-13-25(31)26(3,4)28)22-11-12-23-19(7-6-14-27(22,23)5)9-10-20-15-21(29)16-24(30)18(20)2/h9-10,17,21-25,29-31H,2,6-8,11-16H2,1,3-5H3/b19-9+,20-10-/t17-,21-,22-,23+,24+,25?,27-/m1/s1. The fraction of sp³-hybridized carbons (Fsp3) is 0.778. The number of aliphatic hydroxyl groups is 3. The van der Waals surface area contributed by atoms with Crippen molar-refractivity contribution in [2.75, 3.05) is 0 Å². The van der Waals surface area contributed by atoms with E-state index in [4.69, 9.17) is 0 Å². The van der Waals surface area contributed by atoms with Crippen LogP contribution in [-0.2, 0) is 0 Å². The topological polar surface area (TPSA) is 60.7 Å². The highest BCUT2D eigenvalue weighted by Crippen LogP contribution is 2.60. The second-order valence-electron chi connectivity index (χ2n) is 11.3. The number of rotatable bonds is 6.